The highest BCUT2D eigenvalue weighted by Gasteiger charge is 2.40. The van der Waals surface area contributed by atoms with E-state index in [4.69, 9.17) is 32.3 Å². The number of nitrogens with one attached hydrogen (secondary N) is 1. The normalized spacial score (nSPS) is 11.8. The highest BCUT2D eigenvalue weighted by Crippen LogP contribution is 2.14. The lowest BCUT2D eigenvalue weighted by atomic mass is 10.4. The number of nitrogens with two attached hydrogens (primary N) is 1. The minimum atomic E-state index is -2.59. The fourth-order valence-electron chi connectivity index (χ4n) is 2.46. The summed E-state index contributed by atoms with van der Waals surface area (Å²) >= 11 is 0. The molecule has 10 heteroatoms. The molecule has 0 atom stereocenters. The van der Waals surface area contributed by atoms with E-state index in [1.54, 1.807) is 42.7 Å². The molecule has 0 radical (unpaired) electrons. The summed E-state index contributed by atoms with van der Waals surface area (Å²) in [5, 5.41) is 4.19. The van der Waals surface area contributed by atoms with E-state index >= 15 is 0 Å². The first-order valence-corrected chi connectivity index (χ1v) is 12.5. The Morgan fingerprint density at radius 3 is 1.70 bits per heavy atom. The van der Waals surface area contributed by atoms with Gasteiger partial charge in [0.2, 0.25) is 0 Å². The summed E-state index contributed by atoms with van der Waals surface area (Å²) in [5.41, 5.74) is 5.35. The van der Waals surface area contributed by atoms with Crippen molar-refractivity contribution < 1.29 is 26.6 Å². The second kappa shape index (κ2) is 15.3. The Hall–Kier alpha value is -0.666. The van der Waals surface area contributed by atoms with Crippen LogP contribution in [0.1, 0.15) is 6.42 Å². The highest BCUT2D eigenvalue weighted by molar-refractivity contribution is 6.75. The van der Waals surface area contributed by atoms with Gasteiger partial charge in [-0.25, -0.2) is 0 Å². The van der Waals surface area contributed by atoms with Crippen LogP contribution in [0, 0.1) is 0 Å². The molecule has 0 saturated carbocycles. The van der Waals surface area contributed by atoms with E-state index in [0.717, 1.165) is 30.7 Å². The lowest BCUT2D eigenvalue weighted by Crippen LogP contribution is -2.54. The van der Waals surface area contributed by atoms with Gasteiger partial charge in [-0.1, -0.05) is 30.3 Å². The van der Waals surface area contributed by atoms with Crippen molar-refractivity contribution >= 4 is 22.8 Å². The van der Waals surface area contributed by atoms with Gasteiger partial charge in [0, 0.05) is 67.0 Å². The largest absolute Gasteiger partial charge is 0.536 e. The lowest BCUT2D eigenvalue weighted by molar-refractivity contribution is 0.123. The fourth-order valence-corrected chi connectivity index (χ4v) is 5.99. The van der Waals surface area contributed by atoms with E-state index in [9.17, 15) is 0 Å². The molecule has 1 aromatic rings. The number of rotatable bonds is 13. The Morgan fingerprint density at radius 1 is 0.778 bits per heavy atom. The van der Waals surface area contributed by atoms with Crippen LogP contribution >= 0.6 is 0 Å². The van der Waals surface area contributed by atoms with E-state index in [1.165, 1.54) is 0 Å². The molecule has 0 aliphatic carbocycles. The Bertz CT molecular complexity index is 445. The van der Waals surface area contributed by atoms with E-state index in [-0.39, 0.29) is 0 Å². The van der Waals surface area contributed by atoms with Gasteiger partial charge >= 0.3 is 17.6 Å². The zero-order valence-electron chi connectivity index (χ0n) is 17.4. The summed E-state index contributed by atoms with van der Waals surface area (Å²) in [7, 11) is 4.76. The fraction of sp³-hybridized carbons (Fsp3) is 0.647. The number of hydrogen-bond donors (Lipinski definition) is 2. The van der Waals surface area contributed by atoms with Gasteiger partial charge in [-0.3, -0.25) is 0 Å². The summed E-state index contributed by atoms with van der Waals surface area (Å²) in [5.74, 6) is 0. The molecule has 0 bridgehead atoms. The maximum absolute atomic E-state index is 5.35. The molecule has 27 heavy (non-hydrogen) atoms. The zero-order chi connectivity index (χ0) is 20.6. The average Bonchev–Trinajstić information content (AvgIpc) is 2.74. The van der Waals surface area contributed by atoms with Crippen LogP contribution in [0.5, 0.6) is 0 Å². The third kappa shape index (κ3) is 8.92. The minimum absolute atomic E-state index is 0.668. The van der Waals surface area contributed by atoms with Gasteiger partial charge in [0.15, 0.2) is 0 Å². The smallest absolute Gasteiger partial charge is 0.377 e. The molecule has 0 unspecified atom stereocenters. The predicted octanol–water partition coefficient (Wildman–Crippen LogP) is 0.575. The van der Waals surface area contributed by atoms with Crippen LogP contribution in [-0.2, 0) is 26.6 Å². The summed E-state index contributed by atoms with van der Waals surface area (Å²) < 4.78 is 31.8. The maximum atomic E-state index is 5.35. The van der Waals surface area contributed by atoms with Gasteiger partial charge in [-0.2, -0.15) is 0 Å². The van der Waals surface area contributed by atoms with Crippen molar-refractivity contribution in [1.29, 1.82) is 0 Å². The minimum Gasteiger partial charge on any atom is -0.377 e. The van der Waals surface area contributed by atoms with Crippen LogP contribution < -0.4 is 16.2 Å². The molecule has 8 nitrogen and oxygen atoms in total. The third-order valence-electron chi connectivity index (χ3n) is 4.02. The summed E-state index contributed by atoms with van der Waals surface area (Å²) in [6, 6.07) is 10.5. The first-order valence-electron chi connectivity index (χ1n) is 8.80. The predicted molar refractivity (Wildman–Crippen MR) is 111 cm³/mol. The van der Waals surface area contributed by atoms with E-state index in [0.29, 0.717) is 6.54 Å². The van der Waals surface area contributed by atoms with Gasteiger partial charge in [-0.15, -0.1) is 0 Å². The SMILES string of the molecule is CO[Si](CCCNCCN)(OC)OC.CO[Si](OC)(OC)c1ccccc1. The quantitative estimate of drug-likeness (QED) is 0.353. The molecular weight excluding hydrogens is 384 g/mol. The topological polar surface area (TPSA) is 93.4 Å². The van der Waals surface area contributed by atoms with Crippen LogP contribution in [0.2, 0.25) is 6.04 Å². The van der Waals surface area contributed by atoms with Crippen LogP contribution in [0.25, 0.3) is 0 Å². The van der Waals surface area contributed by atoms with Crippen molar-refractivity contribution in [3.63, 3.8) is 0 Å². The van der Waals surface area contributed by atoms with E-state index in [2.05, 4.69) is 5.32 Å². The molecule has 1 rings (SSSR count). The second-order valence-corrected chi connectivity index (χ2v) is 11.5. The van der Waals surface area contributed by atoms with Crippen molar-refractivity contribution in [2.24, 2.45) is 5.73 Å². The standard InChI is InChI=1S/C9H14O3Si.C8H22N2O3Si/c1-10-13(11-2,12-3)9-7-5-4-6-8-9;1-11-14(12-2,13-3)8-4-6-10-7-5-9/h4-8H,1-3H3;10H,4-9H2,1-3H3. The average molecular weight is 421 g/mol. The van der Waals surface area contributed by atoms with E-state index < -0.39 is 17.6 Å². The van der Waals surface area contributed by atoms with Gasteiger partial charge in [0.1, 0.15) is 0 Å². The molecule has 1 aromatic carbocycles. The Kier molecular flexibility index (Phi) is 14.9. The molecule has 0 fully saturated rings. The maximum Gasteiger partial charge on any atom is 0.536 e. The first kappa shape index (κ1) is 26.3. The Morgan fingerprint density at radius 2 is 1.30 bits per heavy atom. The number of hydrogen-bond acceptors (Lipinski definition) is 8. The van der Waals surface area contributed by atoms with Crippen molar-refractivity contribution in [2.75, 3.05) is 62.3 Å². The third-order valence-corrected chi connectivity index (χ3v) is 9.51. The zero-order valence-corrected chi connectivity index (χ0v) is 19.4. The molecule has 0 heterocycles. The summed E-state index contributed by atoms with van der Waals surface area (Å²) in [6.07, 6.45) is 0.974. The molecule has 0 aliphatic heterocycles. The molecule has 0 aromatic heterocycles. The first-order chi connectivity index (χ1) is 13.0. The molecule has 0 spiro atoms. The van der Waals surface area contributed by atoms with Crippen LogP contribution in [0.15, 0.2) is 30.3 Å². The van der Waals surface area contributed by atoms with Crippen LogP contribution in [0.3, 0.4) is 0 Å². The monoisotopic (exact) mass is 420 g/mol. The van der Waals surface area contributed by atoms with Gasteiger partial charge in [-0.05, 0) is 13.0 Å². The van der Waals surface area contributed by atoms with Crippen molar-refractivity contribution in [1.82, 2.24) is 5.32 Å². The number of benzene rings is 1. The second-order valence-electron chi connectivity index (χ2n) is 5.47. The Balaban J connectivity index is 0.000000501. The molecular formula is C17H36N2O6Si2. The van der Waals surface area contributed by atoms with E-state index in [1.807, 2.05) is 30.3 Å². The summed E-state index contributed by atoms with van der Waals surface area (Å²) in [4.78, 5) is 0. The molecule has 0 saturated heterocycles. The van der Waals surface area contributed by atoms with Gasteiger partial charge in [0.25, 0.3) is 0 Å². The van der Waals surface area contributed by atoms with Gasteiger partial charge in [0.05, 0.1) is 0 Å². The summed E-state index contributed by atoms with van der Waals surface area (Å²) in [6.45, 7) is 2.44. The molecule has 0 aliphatic rings. The Labute approximate surface area is 166 Å². The van der Waals surface area contributed by atoms with Crippen LogP contribution in [-0.4, -0.2) is 79.9 Å². The van der Waals surface area contributed by atoms with Crippen molar-refractivity contribution in [3.05, 3.63) is 30.3 Å². The molecule has 158 valence electrons. The molecule has 3 N–H and O–H groups in total. The van der Waals surface area contributed by atoms with Crippen molar-refractivity contribution in [2.45, 2.75) is 12.5 Å². The van der Waals surface area contributed by atoms with Gasteiger partial charge < -0.3 is 37.6 Å². The highest BCUT2D eigenvalue weighted by atomic mass is 28.4. The molecule has 0 amide bonds. The lowest BCUT2D eigenvalue weighted by Gasteiger charge is -2.24. The van der Waals surface area contributed by atoms with Crippen molar-refractivity contribution in [3.8, 4) is 0 Å². The van der Waals surface area contributed by atoms with Crippen LogP contribution in [0.4, 0.5) is 0 Å².